The molecule has 1 aromatic heterocycles. The molecule has 26 nitrogen and oxygen atoms in total. The van der Waals surface area contributed by atoms with E-state index in [-0.39, 0.29) is 86.8 Å². The quantitative estimate of drug-likeness (QED) is 0.0106. The molecule has 0 saturated heterocycles. The number of nitrogens with zero attached hydrogens (tertiary/aromatic N) is 4. The summed E-state index contributed by atoms with van der Waals surface area (Å²) in [7, 11) is 1.58. The number of aromatic nitrogens is 3. The lowest BCUT2D eigenvalue weighted by atomic mass is 9.99. The Labute approximate surface area is 472 Å². The molecule has 3 aromatic rings. The second-order valence-corrected chi connectivity index (χ2v) is 22.6. The van der Waals surface area contributed by atoms with Gasteiger partial charge in [-0.05, 0) is 146 Å². The van der Waals surface area contributed by atoms with Gasteiger partial charge in [-0.25, -0.2) is 19.1 Å². The number of rotatable bonds is 30. The highest BCUT2D eigenvalue weighted by Crippen LogP contribution is 2.53. The van der Waals surface area contributed by atoms with Crippen LogP contribution in [-0.2, 0) is 57.6 Å². The van der Waals surface area contributed by atoms with Crippen LogP contribution in [-0.4, -0.2) is 124 Å². The predicted octanol–water partition coefficient (Wildman–Crippen LogP) is 5.21. The van der Waals surface area contributed by atoms with Crippen LogP contribution in [0.2, 0.25) is 0 Å². The molecule has 2 aliphatic rings. The van der Waals surface area contributed by atoms with Crippen molar-refractivity contribution in [1.29, 1.82) is 0 Å². The summed E-state index contributed by atoms with van der Waals surface area (Å²) >= 11 is 0. The summed E-state index contributed by atoms with van der Waals surface area (Å²) in [6.45, 7) is 15.3. The van der Waals surface area contributed by atoms with E-state index >= 15 is 0 Å². The topological polar surface area (TPSA) is 364 Å². The molecule has 446 valence electrons. The van der Waals surface area contributed by atoms with Crippen molar-refractivity contribution in [2.75, 3.05) is 38.7 Å². The molecular weight excluding hydrogens is 1050 g/mol. The average molecular weight is 1140 g/mol. The number of hydrogen-bond acceptors (Lipinski definition) is 17. The molecule has 7 atom stereocenters. The van der Waals surface area contributed by atoms with Gasteiger partial charge in [-0.2, -0.15) is 0 Å². The van der Waals surface area contributed by atoms with Gasteiger partial charge in [0.2, 0.25) is 23.6 Å². The Morgan fingerprint density at radius 3 is 2.11 bits per heavy atom. The van der Waals surface area contributed by atoms with Crippen LogP contribution in [0.5, 0.6) is 5.75 Å². The highest BCUT2D eigenvalue weighted by molar-refractivity contribution is 5.98. The van der Waals surface area contributed by atoms with Gasteiger partial charge in [0, 0.05) is 44.3 Å². The summed E-state index contributed by atoms with van der Waals surface area (Å²) < 4.78 is 30.2. The van der Waals surface area contributed by atoms with Crippen LogP contribution < -0.4 is 48.1 Å². The first-order valence-corrected chi connectivity index (χ1v) is 27.4. The van der Waals surface area contributed by atoms with Gasteiger partial charge in [0.25, 0.3) is 5.69 Å². The summed E-state index contributed by atoms with van der Waals surface area (Å²) in [5.74, 6) is -0.932. The number of nitrogens with two attached hydrogens (primary N) is 2. The lowest BCUT2D eigenvalue weighted by Gasteiger charge is -2.32. The predicted molar refractivity (Wildman–Crippen MR) is 296 cm³/mol. The van der Waals surface area contributed by atoms with Crippen molar-refractivity contribution in [1.82, 2.24) is 41.6 Å². The number of hydrogen-bond donors (Lipinski definition) is 8. The summed E-state index contributed by atoms with van der Waals surface area (Å²) in [6.07, 6.45) is 3.15. The first-order valence-electron chi connectivity index (χ1n) is 27.4. The van der Waals surface area contributed by atoms with Gasteiger partial charge < -0.3 is 67.1 Å². The lowest BCUT2D eigenvalue weighted by Crippen LogP contribution is -2.58. The minimum absolute atomic E-state index is 0.0271. The first-order chi connectivity index (χ1) is 38.1. The standard InChI is InChI=1S/C55H82N12O14/c1-33(2)47(49(71)61-43(11-10-28-59-50(56)72)48(70)60-36-14-12-35(13-15-36)30-78-52(74)81-38-18-16-37(17-19-38)67(75)76)62-46(69)25-27-53(4,5)79-29-34(3)66-44-23-21-40-39(20-22-42(44)64-65-66)41(40)31-77-51(73)63-55(8,57)32-80-54(6,7)26-24-45(68)58-9/h12-19,33-34,39-41,43,47H,10-11,20-32,57H2,1-9H3,(H,58,68)(H,60,70)(H,61,71)(H,62,69)(H,63,73)(H3,56,59,72)/t34?,39?,40?,41?,43-,47?,55?/m0/s1. The molecule has 0 spiro atoms. The van der Waals surface area contributed by atoms with E-state index < -0.39 is 64.0 Å². The Balaban J connectivity index is 1.06. The number of non-ortho nitro benzene ring substituents is 1. The Hall–Kier alpha value is -7.45. The van der Waals surface area contributed by atoms with Gasteiger partial charge in [0.1, 0.15) is 30.1 Å². The van der Waals surface area contributed by atoms with Crippen molar-refractivity contribution in [2.24, 2.45) is 35.1 Å². The van der Waals surface area contributed by atoms with Crippen molar-refractivity contribution in [2.45, 2.75) is 161 Å². The van der Waals surface area contributed by atoms with Crippen LogP contribution in [0.1, 0.15) is 130 Å². The van der Waals surface area contributed by atoms with Crippen LogP contribution in [0.3, 0.4) is 0 Å². The van der Waals surface area contributed by atoms with E-state index in [1.165, 1.54) is 24.3 Å². The molecule has 10 N–H and O–H groups in total. The second-order valence-electron chi connectivity index (χ2n) is 22.6. The zero-order chi connectivity index (χ0) is 59.7. The molecule has 5 rings (SSSR count). The normalized spacial score (nSPS) is 17.6. The number of aryl methyl sites for hydroxylation is 1. The molecule has 1 heterocycles. The zero-order valence-corrected chi connectivity index (χ0v) is 47.9. The maximum Gasteiger partial charge on any atom is 0.514 e. The monoisotopic (exact) mass is 1130 g/mol. The molecule has 0 aliphatic heterocycles. The maximum absolute atomic E-state index is 13.9. The number of fused-ring (bicyclic) bond motifs is 2. The van der Waals surface area contributed by atoms with E-state index in [1.807, 2.05) is 39.3 Å². The van der Waals surface area contributed by atoms with Crippen molar-refractivity contribution < 1.29 is 62.2 Å². The van der Waals surface area contributed by atoms with Gasteiger partial charge in [-0.1, -0.05) is 31.2 Å². The number of carbonyl (C=O) groups is 7. The number of primary amides is 1. The number of carbonyl (C=O) groups excluding carboxylic acids is 7. The van der Waals surface area contributed by atoms with Gasteiger partial charge in [-0.3, -0.25) is 29.3 Å². The third-order valence-corrected chi connectivity index (χ3v) is 14.4. The fourth-order valence-corrected chi connectivity index (χ4v) is 9.37. The van der Waals surface area contributed by atoms with Crippen molar-refractivity contribution >= 4 is 53.3 Å². The lowest BCUT2D eigenvalue weighted by molar-refractivity contribution is -0.384. The molecule has 81 heavy (non-hydrogen) atoms. The number of benzene rings is 2. The number of amides is 7. The molecule has 2 aliphatic carbocycles. The highest BCUT2D eigenvalue weighted by atomic mass is 16.7. The van der Waals surface area contributed by atoms with Crippen LogP contribution in [0.15, 0.2) is 48.5 Å². The van der Waals surface area contributed by atoms with Gasteiger partial charge in [-0.15, -0.1) is 5.10 Å². The van der Waals surface area contributed by atoms with E-state index in [2.05, 4.69) is 42.2 Å². The van der Waals surface area contributed by atoms with Gasteiger partial charge in [0.15, 0.2) is 0 Å². The van der Waals surface area contributed by atoms with Crippen LogP contribution in [0.4, 0.5) is 25.8 Å². The van der Waals surface area contributed by atoms with Crippen molar-refractivity contribution in [3.63, 3.8) is 0 Å². The molecule has 7 amide bonds. The van der Waals surface area contributed by atoms with Crippen LogP contribution in [0, 0.1) is 33.8 Å². The van der Waals surface area contributed by atoms with E-state index in [4.69, 9.17) is 35.2 Å². The SMILES string of the molecule is CNC(=O)CCC(C)(C)OCC(C)(N)NC(=O)OCC1C2CCc3nnn(C(C)COC(C)(C)CCC(=O)NC(C(=O)N[C@@H](CCCNC(N)=O)C(=O)Nc4ccc(COC(=O)Oc5ccc([N+](=O)[O-])cc5)cc4)C(C)C)c3CCC21. The molecule has 0 bridgehead atoms. The fraction of sp³-hybridized carbons (Fsp3) is 0.618. The van der Waals surface area contributed by atoms with Gasteiger partial charge >= 0.3 is 18.3 Å². The minimum atomic E-state index is -1.19. The van der Waals surface area contributed by atoms with Crippen molar-refractivity contribution in [3.8, 4) is 5.75 Å². The average Bonchev–Trinajstić information content (AvgIpc) is 4.08. The van der Waals surface area contributed by atoms with Crippen molar-refractivity contribution in [3.05, 3.63) is 75.6 Å². The molecule has 2 aromatic carbocycles. The Morgan fingerprint density at radius 1 is 0.840 bits per heavy atom. The van der Waals surface area contributed by atoms with E-state index in [9.17, 15) is 43.7 Å². The largest absolute Gasteiger partial charge is 0.514 e. The fourth-order valence-electron chi connectivity index (χ4n) is 9.37. The first kappa shape index (κ1) is 64.4. The third-order valence-electron chi connectivity index (χ3n) is 14.4. The third kappa shape index (κ3) is 21.2. The molecule has 0 radical (unpaired) electrons. The number of nitrogens with one attached hydrogen (secondary N) is 6. The number of alkyl carbamates (subject to hydrolysis) is 1. The summed E-state index contributed by atoms with van der Waals surface area (Å²) in [5.41, 5.74) is 11.7. The second kappa shape index (κ2) is 29.3. The Kier molecular flexibility index (Phi) is 23.3. The Morgan fingerprint density at radius 2 is 1.48 bits per heavy atom. The Bertz CT molecular complexity index is 2640. The van der Waals surface area contributed by atoms with E-state index in [0.717, 1.165) is 37.1 Å². The summed E-state index contributed by atoms with van der Waals surface area (Å²) in [4.78, 5) is 99.4. The maximum atomic E-state index is 13.9. The molecule has 26 heteroatoms. The molecule has 1 fully saturated rings. The summed E-state index contributed by atoms with van der Waals surface area (Å²) in [6, 6.07) is 8.24. The molecule has 6 unspecified atom stereocenters. The molecular formula is C55H82N12O14. The minimum Gasteiger partial charge on any atom is -0.449 e. The van der Waals surface area contributed by atoms with Gasteiger partial charge in [0.05, 0.1) is 53.4 Å². The number of nitro benzene ring substituents is 1. The number of urea groups is 1. The van der Waals surface area contributed by atoms with E-state index in [0.29, 0.717) is 49.0 Å². The van der Waals surface area contributed by atoms with Crippen LogP contribution in [0.25, 0.3) is 0 Å². The van der Waals surface area contributed by atoms with E-state index in [1.54, 1.807) is 52.1 Å². The summed E-state index contributed by atoms with van der Waals surface area (Å²) in [5, 5.41) is 36.1. The smallest absolute Gasteiger partial charge is 0.449 e. The highest BCUT2D eigenvalue weighted by Gasteiger charge is 2.50. The van der Waals surface area contributed by atoms with Crippen LogP contribution >= 0.6 is 0 Å². The molecule has 1 saturated carbocycles. The number of anilines is 1. The number of nitro groups is 1. The number of ether oxygens (including phenoxy) is 5. The zero-order valence-electron chi connectivity index (χ0n) is 47.9.